The molecule has 33 heavy (non-hydrogen) atoms. The minimum atomic E-state index is -3.71. The molecule has 1 amide bonds. The fraction of sp³-hybridized carbons (Fsp3) is 0.480. The van der Waals surface area contributed by atoms with Gasteiger partial charge < -0.3 is 14.8 Å². The van der Waals surface area contributed by atoms with Crippen LogP contribution in [0.25, 0.3) is 0 Å². The molecule has 0 radical (unpaired) electrons. The molecule has 182 valence electrons. The zero-order valence-corrected chi connectivity index (χ0v) is 21.6. The number of hydrogen-bond donors (Lipinski definition) is 1. The highest BCUT2D eigenvalue weighted by molar-refractivity contribution is 7.92. The van der Waals surface area contributed by atoms with Gasteiger partial charge in [0.05, 0.1) is 31.7 Å². The maximum atomic E-state index is 13.1. The molecule has 2 aromatic rings. The monoisotopic (exact) mass is 476 g/mol. The Morgan fingerprint density at radius 2 is 1.67 bits per heavy atom. The Morgan fingerprint density at radius 3 is 2.15 bits per heavy atom. The van der Waals surface area contributed by atoms with E-state index >= 15 is 0 Å². The molecule has 0 fully saturated rings. The lowest BCUT2D eigenvalue weighted by molar-refractivity contribution is -0.122. The van der Waals surface area contributed by atoms with Crippen LogP contribution in [0.3, 0.4) is 0 Å². The SMILES string of the molecule is CCOc1ccc(N([C@H](C)C(=O)N[C@H](C)c2cc(C(C)C)c(OC)cc2C)S(C)(=O)=O)cc1. The summed E-state index contributed by atoms with van der Waals surface area (Å²) >= 11 is 0. The quantitative estimate of drug-likeness (QED) is 0.543. The van der Waals surface area contributed by atoms with E-state index in [-0.39, 0.29) is 17.9 Å². The lowest BCUT2D eigenvalue weighted by atomic mass is 9.93. The number of benzene rings is 2. The summed E-state index contributed by atoms with van der Waals surface area (Å²) in [5.41, 5.74) is 3.41. The third-order valence-corrected chi connectivity index (χ3v) is 6.80. The second-order valence-corrected chi connectivity index (χ2v) is 10.4. The van der Waals surface area contributed by atoms with Crippen molar-refractivity contribution in [1.29, 1.82) is 0 Å². The van der Waals surface area contributed by atoms with Gasteiger partial charge in [-0.3, -0.25) is 9.10 Å². The first kappa shape index (κ1) is 26.5. The van der Waals surface area contributed by atoms with Crippen LogP contribution in [0.1, 0.15) is 63.3 Å². The third-order valence-electron chi connectivity index (χ3n) is 5.56. The van der Waals surface area contributed by atoms with Gasteiger partial charge in [0.2, 0.25) is 15.9 Å². The molecule has 0 aliphatic carbocycles. The van der Waals surface area contributed by atoms with Crippen LogP contribution in [0, 0.1) is 6.92 Å². The van der Waals surface area contributed by atoms with E-state index in [1.54, 1.807) is 38.3 Å². The molecule has 0 aliphatic heterocycles. The summed E-state index contributed by atoms with van der Waals surface area (Å²) in [6.07, 6.45) is 1.10. The number of nitrogens with one attached hydrogen (secondary N) is 1. The van der Waals surface area contributed by atoms with E-state index in [0.717, 1.165) is 33.0 Å². The van der Waals surface area contributed by atoms with Gasteiger partial charge in [-0.1, -0.05) is 13.8 Å². The molecule has 2 aromatic carbocycles. The van der Waals surface area contributed by atoms with Crippen molar-refractivity contribution < 1.29 is 22.7 Å². The number of sulfonamides is 1. The Balaban J connectivity index is 2.31. The van der Waals surface area contributed by atoms with Crippen molar-refractivity contribution >= 4 is 21.6 Å². The van der Waals surface area contributed by atoms with Crippen LogP contribution in [0.4, 0.5) is 5.69 Å². The molecule has 0 aromatic heterocycles. The zero-order chi connectivity index (χ0) is 24.9. The smallest absolute Gasteiger partial charge is 0.244 e. The average molecular weight is 477 g/mol. The molecule has 0 bridgehead atoms. The van der Waals surface area contributed by atoms with Crippen molar-refractivity contribution in [2.24, 2.45) is 0 Å². The first-order chi connectivity index (χ1) is 15.4. The molecule has 7 nitrogen and oxygen atoms in total. The summed E-state index contributed by atoms with van der Waals surface area (Å²) < 4.78 is 37.3. The van der Waals surface area contributed by atoms with E-state index in [1.807, 2.05) is 26.8 Å². The van der Waals surface area contributed by atoms with Crippen LogP contribution in [0.2, 0.25) is 0 Å². The topological polar surface area (TPSA) is 84.9 Å². The number of carbonyl (C=O) groups excluding carboxylic acids is 1. The maximum Gasteiger partial charge on any atom is 0.244 e. The second-order valence-electron chi connectivity index (χ2n) is 8.50. The van der Waals surface area contributed by atoms with E-state index in [1.165, 1.54) is 0 Å². The summed E-state index contributed by atoms with van der Waals surface area (Å²) in [6, 6.07) is 9.43. The highest BCUT2D eigenvalue weighted by Gasteiger charge is 2.30. The number of amides is 1. The highest BCUT2D eigenvalue weighted by atomic mass is 32.2. The molecule has 0 heterocycles. The first-order valence-corrected chi connectivity index (χ1v) is 13.0. The second kappa shape index (κ2) is 10.9. The zero-order valence-electron chi connectivity index (χ0n) is 20.8. The average Bonchev–Trinajstić information content (AvgIpc) is 2.73. The lowest BCUT2D eigenvalue weighted by Crippen LogP contribution is -2.48. The van der Waals surface area contributed by atoms with Crippen LogP contribution in [0.5, 0.6) is 11.5 Å². The standard InChI is InChI=1S/C25H36N2O5S/c1-9-32-21-12-10-20(11-13-21)27(33(8,29)30)19(6)25(28)26-18(5)23-15-22(16(2)3)24(31-7)14-17(23)4/h10-16,18-19H,9H2,1-8H3,(H,26,28)/t18-,19-/m1/s1. The van der Waals surface area contributed by atoms with Gasteiger partial charge >= 0.3 is 0 Å². The van der Waals surface area contributed by atoms with Gasteiger partial charge in [-0.2, -0.15) is 0 Å². The van der Waals surface area contributed by atoms with Crippen molar-refractivity contribution in [3.8, 4) is 11.5 Å². The van der Waals surface area contributed by atoms with Crippen LogP contribution in [0.15, 0.2) is 36.4 Å². The Hall–Kier alpha value is -2.74. The Morgan fingerprint density at radius 1 is 1.06 bits per heavy atom. The maximum absolute atomic E-state index is 13.1. The largest absolute Gasteiger partial charge is 0.496 e. The van der Waals surface area contributed by atoms with Gasteiger partial charge in [-0.25, -0.2) is 8.42 Å². The fourth-order valence-electron chi connectivity index (χ4n) is 3.89. The predicted molar refractivity (Wildman–Crippen MR) is 133 cm³/mol. The van der Waals surface area contributed by atoms with Crippen LogP contribution in [-0.2, 0) is 14.8 Å². The number of rotatable bonds is 10. The normalized spacial score (nSPS) is 13.4. The van der Waals surface area contributed by atoms with Crippen molar-refractivity contribution in [3.05, 3.63) is 53.1 Å². The Labute approximate surface area is 198 Å². The molecule has 8 heteroatoms. The van der Waals surface area contributed by atoms with Crippen molar-refractivity contribution in [2.75, 3.05) is 24.3 Å². The minimum absolute atomic E-state index is 0.251. The molecule has 0 aliphatic rings. The van der Waals surface area contributed by atoms with Crippen LogP contribution in [-0.4, -0.2) is 40.3 Å². The molecule has 1 N–H and O–H groups in total. The van der Waals surface area contributed by atoms with Gasteiger partial charge in [-0.05, 0) is 86.7 Å². The van der Waals surface area contributed by atoms with Gasteiger partial charge in [0.25, 0.3) is 0 Å². The van der Waals surface area contributed by atoms with E-state index in [4.69, 9.17) is 9.47 Å². The van der Waals surface area contributed by atoms with Crippen molar-refractivity contribution in [3.63, 3.8) is 0 Å². The molecule has 2 rings (SSSR count). The summed E-state index contributed by atoms with van der Waals surface area (Å²) in [5.74, 6) is 1.32. The minimum Gasteiger partial charge on any atom is -0.496 e. The highest BCUT2D eigenvalue weighted by Crippen LogP contribution is 2.32. The number of ether oxygens (including phenoxy) is 2. The summed E-state index contributed by atoms with van der Waals surface area (Å²) in [4.78, 5) is 13.1. The van der Waals surface area contributed by atoms with Gasteiger partial charge in [0, 0.05) is 0 Å². The third kappa shape index (κ3) is 6.41. The van der Waals surface area contributed by atoms with E-state index in [9.17, 15) is 13.2 Å². The fourth-order valence-corrected chi connectivity index (χ4v) is 5.06. The molecule has 0 spiro atoms. The number of carbonyl (C=O) groups is 1. The summed E-state index contributed by atoms with van der Waals surface area (Å²) in [7, 11) is -2.06. The van der Waals surface area contributed by atoms with E-state index < -0.39 is 16.1 Å². The van der Waals surface area contributed by atoms with Gasteiger partial charge in [-0.15, -0.1) is 0 Å². The van der Waals surface area contributed by atoms with Crippen molar-refractivity contribution in [1.82, 2.24) is 5.32 Å². The number of methoxy groups -OCH3 is 1. The Bertz CT molecular complexity index is 1060. The van der Waals surface area contributed by atoms with Crippen LogP contribution >= 0.6 is 0 Å². The molecule has 2 atom stereocenters. The summed E-state index contributed by atoms with van der Waals surface area (Å²) in [5, 5.41) is 2.98. The molecule has 0 saturated carbocycles. The van der Waals surface area contributed by atoms with Gasteiger partial charge in [0.1, 0.15) is 17.5 Å². The number of nitrogens with zero attached hydrogens (tertiary/aromatic N) is 1. The lowest BCUT2D eigenvalue weighted by Gasteiger charge is -2.30. The Kier molecular flexibility index (Phi) is 8.77. The number of hydrogen-bond acceptors (Lipinski definition) is 5. The summed E-state index contributed by atoms with van der Waals surface area (Å²) in [6.45, 7) is 12.0. The molecular formula is C25H36N2O5S. The van der Waals surface area contributed by atoms with E-state index in [2.05, 4.69) is 25.2 Å². The molecule has 0 saturated heterocycles. The van der Waals surface area contributed by atoms with Crippen LogP contribution < -0.4 is 19.1 Å². The van der Waals surface area contributed by atoms with Crippen molar-refractivity contribution in [2.45, 2.75) is 59.5 Å². The predicted octanol–water partition coefficient (Wildman–Crippen LogP) is 4.56. The number of anilines is 1. The van der Waals surface area contributed by atoms with E-state index in [0.29, 0.717) is 18.0 Å². The molecule has 0 unspecified atom stereocenters. The molecular weight excluding hydrogens is 440 g/mol. The first-order valence-electron chi connectivity index (χ1n) is 11.1. The van der Waals surface area contributed by atoms with Gasteiger partial charge in [0.15, 0.2) is 0 Å². The number of aryl methyl sites for hydroxylation is 1.